The molecule has 0 fully saturated rings. The largest absolute Gasteiger partial charge is 0.337 e. The summed E-state index contributed by atoms with van der Waals surface area (Å²) in [5, 5.41) is 11.3. The summed E-state index contributed by atoms with van der Waals surface area (Å²) < 4.78 is 1.98. The topological polar surface area (TPSA) is 73.8 Å². The van der Waals surface area contributed by atoms with Gasteiger partial charge in [-0.1, -0.05) is 11.8 Å². The molecule has 0 bridgehead atoms. The number of thioether (sulfide) groups is 1. The Kier molecular flexibility index (Phi) is 4.30. The van der Waals surface area contributed by atoms with Crippen molar-refractivity contribution < 1.29 is 4.92 Å². The lowest BCUT2D eigenvalue weighted by atomic mass is 10.4. The number of nitro groups is 1. The molecule has 0 aliphatic carbocycles. The SMILES string of the molecule is O=[N+]([O-])c1cccnc1SCCCn1ccnc1. The van der Waals surface area contributed by atoms with E-state index in [4.69, 9.17) is 0 Å². The molecule has 0 spiro atoms. The minimum atomic E-state index is -0.398. The molecule has 0 saturated carbocycles. The molecule has 7 heteroatoms. The van der Waals surface area contributed by atoms with E-state index in [1.54, 1.807) is 24.8 Å². The van der Waals surface area contributed by atoms with E-state index in [2.05, 4.69) is 9.97 Å². The van der Waals surface area contributed by atoms with Crippen LogP contribution in [-0.2, 0) is 6.54 Å². The fraction of sp³-hybridized carbons (Fsp3) is 0.273. The van der Waals surface area contributed by atoms with Gasteiger partial charge >= 0.3 is 5.69 Å². The van der Waals surface area contributed by atoms with Crippen LogP contribution in [0.1, 0.15) is 6.42 Å². The first kappa shape index (κ1) is 12.6. The van der Waals surface area contributed by atoms with E-state index >= 15 is 0 Å². The first-order valence-corrected chi connectivity index (χ1v) is 6.44. The molecular formula is C11H12N4O2S. The maximum Gasteiger partial charge on any atom is 0.301 e. The molecule has 2 aromatic heterocycles. The van der Waals surface area contributed by atoms with Gasteiger partial charge in [0.25, 0.3) is 0 Å². The Hall–Kier alpha value is -1.89. The molecule has 94 valence electrons. The van der Waals surface area contributed by atoms with Gasteiger partial charge in [-0.2, -0.15) is 0 Å². The molecular weight excluding hydrogens is 252 g/mol. The van der Waals surface area contributed by atoms with Gasteiger partial charge in [0.1, 0.15) is 0 Å². The molecule has 0 atom stereocenters. The number of pyridine rings is 1. The van der Waals surface area contributed by atoms with Crippen molar-refractivity contribution in [3.8, 4) is 0 Å². The van der Waals surface area contributed by atoms with Crippen molar-refractivity contribution >= 4 is 17.4 Å². The average molecular weight is 264 g/mol. The second-order valence-corrected chi connectivity index (χ2v) is 4.67. The van der Waals surface area contributed by atoms with Crippen LogP contribution in [0.15, 0.2) is 42.1 Å². The predicted molar refractivity (Wildman–Crippen MR) is 68.5 cm³/mol. The Bertz CT molecular complexity index is 516. The van der Waals surface area contributed by atoms with Gasteiger partial charge in [0.05, 0.1) is 11.3 Å². The molecule has 2 rings (SSSR count). The number of rotatable bonds is 6. The maximum atomic E-state index is 10.8. The van der Waals surface area contributed by atoms with Crippen LogP contribution >= 0.6 is 11.8 Å². The smallest absolute Gasteiger partial charge is 0.301 e. The fourth-order valence-corrected chi connectivity index (χ4v) is 2.36. The van der Waals surface area contributed by atoms with E-state index < -0.39 is 4.92 Å². The van der Waals surface area contributed by atoms with Crippen molar-refractivity contribution in [1.82, 2.24) is 14.5 Å². The summed E-state index contributed by atoms with van der Waals surface area (Å²) in [4.78, 5) is 18.4. The lowest BCUT2D eigenvalue weighted by Gasteiger charge is -2.02. The highest BCUT2D eigenvalue weighted by molar-refractivity contribution is 7.99. The van der Waals surface area contributed by atoms with Crippen LogP contribution in [0, 0.1) is 10.1 Å². The van der Waals surface area contributed by atoms with Crippen molar-refractivity contribution in [3.63, 3.8) is 0 Å². The lowest BCUT2D eigenvalue weighted by Crippen LogP contribution is -1.97. The fourth-order valence-electron chi connectivity index (χ4n) is 1.47. The van der Waals surface area contributed by atoms with Crippen molar-refractivity contribution in [2.45, 2.75) is 18.0 Å². The van der Waals surface area contributed by atoms with Crippen molar-refractivity contribution in [2.75, 3.05) is 5.75 Å². The van der Waals surface area contributed by atoms with Crippen LogP contribution in [-0.4, -0.2) is 25.2 Å². The Morgan fingerprint density at radius 2 is 2.33 bits per heavy atom. The number of aryl methyl sites for hydroxylation is 1. The first-order valence-electron chi connectivity index (χ1n) is 5.45. The van der Waals surface area contributed by atoms with Gasteiger partial charge in [-0.3, -0.25) is 10.1 Å². The second-order valence-electron chi connectivity index (χ2n) is 3.59. The van der Waals surface area contributed by atoms with E-state index in [1.165, 1.54) is 17.8 Å². The Labute approximate surface area is 108 Å². The van der Waals surface area contributed by atoms with Crippen LogP contribution in [0.2, 0.25) is 0 Å². The standard InChI is InChI=1S/C11H12N4O2S/c16-15(17)10-3-1-4-13-11(10)18-8-2-6-14-7-5-12-9-14/h1,3-5,7,9H,2,6,8H2. The molecule has 0 unspecified atom stereocenters. The van der Waals surface area contributed by atoms with Crippen molar-refractivity contribution in [3.05, 3.63) is 47.2 Å². The summed E-state index contributed by atoms with van der Waals surface area (Å²) in [7, 11) is 0. The second kappa shape index (κ2) is 6.15. The highest BCUT2D eigenvalue weighted by atomic mass is 32.2. The zero-order valence-corrected chi connectivity index (χ0v) is 10.4. The number of hydrogen-bond donors (Lipinski definition) is 0. The van der Waals surface area contributed by atoms with Gasteiger partial charge in [0.15, 0.2) is 5.03 Å². The maximum absolute atomic E-state index is 10.8. The van der Waals surface area contributed by atoms with E-state index in [1.807, 2.05) is 10.8 Å². The van der Waals surface area contributed by atoms with Gasteiger partial charge in [0.2, 0.25) is 0 Å². The van der Waals surface area contributed by atoms with Gasteiger partial charge in [0, 0.05) is 37.0 Å². The number of hydrogen-bond acceptors (Lipinski definition) is 5. The van der Waals surface area contributed by atoms with Crippen LogP contribution in [0.5, 0.6) is 0 Å². The van der Waals surface area contributed by atoms with Gasteiger partial charge in [-0.25, -0.2) is 9.97 Å². The lowest BCUT2D eigenvalue weighted by molar-refractivity contribution is -0.388. The third-order valence-electron chi connectivity index (χ3n) is 2.31. The van der Waals surface area contributed by atoms with E-state index in [0.717, 1.165) is 18.7 Å². The molecule has 0 aromatic carbocycles. The minimum Gasteiger partial charge on any atom is -0.337 e. The first-order chi connectivity index (χ1) is 8.77. The molecule has 0 aliphatic rings. The molecule has 0 radical (unpaired) electrons. The van der Waals surface area contributed by atoms with Gasteiger partial charge in [-0.15, -0.1) is 0 Å². The third-order valence-corrected chi connectivity index (χ3v) is 3.39. The molecule has 6 nitrogen and oxygen atoms in total. The van der Waals surface area contributed by atoms with Crippen LogP contribution < -0.4 is 0 Å². The third kappa shape index (κ3) is 3.30. The summed E-state index contributed by atoms with van der Waals surface area (Å²) in [5.41, 5.74) is 0.0742. The molecule has 18 heavy (non-hydrogen) atoms. The molecule has 0 saturated heterocycles. The Morgan fingerprint density at radius 3 is 3.06 bits per heavy atom. The summed E-state index contributed by atoms with van der Waals surface area (Å²) in [6, 6.07) is 3.05. The summed E-state index contributed by atoms with van der Waals surface area (Å²) >= 11 is 1.41. The quantitative estimate of drug-likeness (QED) is 0.346. The van der Waals surface area contributed by atoms with Crippen LogP contribution in [0.3, 0.4) is 0 Å². The number of imidazole rings is 1. The van der Waals surface area contributed by atoms with Gasteiger partial charge in [-0.05, 0) is 12.5 Å². The van der Waals surface area contributed by atoms with Gasteiger partial charge < -0.3 is 4.57 Å². The monoisotopic (exact) mass is 264 g/mol. The summed E-state index contributed by atoms with van der Waals surface area (Å²) in [5.74, 6) is 0.788. The minimum absolute atomic E-state index is 0.0742. The normalized spacial score (nSPS) is 10.4. The van der Waals surface area contributed by atoms with E-state index in [0.29, 0.717) is 5.03 Å². The predicted octanol–water partition coefficient (Wildman–Crippen LogP) is 2.37. The molecule has 0 aliphatic heterocycles. The zero-order valence-electron chi connectivity index (χ0n) is 9.60. The number of nitrogens with zero attached hydrogens (tertiary/aromatic N) is 4. The number of aromatic nitrogens is 3. The summed E-state index contributed by atoms with van der Waals surface area (Å²) in [6.45, 7) is 0.855. The Balaban J connectivity index is 1.85. The summed E-state index contributed by atoms with van der Waals surface area (Å²) in [6.07, 6.45) is 7.87. The average Bonchev–Trinajstić information content (AvgIpc) is 2.88. The van der Waals surface area contributed by atoms with Crippen molar-refractivity contribution in [2.24, 2.45) is 0 Å². The highest BCUT2D eigenvalue weighted by Gasteiger charge is 2.13. The molecule has 2 aromatic rings. The molecule has 2 heterocycles. The molecule has 0 N–H and O–H groups in total. The highest BCUT2D eigenvalue weighted by Crippen LogP contribution is 2.26. The van der Waals surface area contributed by atoms with E-state index in [-0.39, 0.29) is 5.69 Å². The van der Waals surface area contributed by atoms with E-state index in [9.17, 15) is 10.1 Å². The van der Waals surface area contributed by atoms with Crippen LogP contribution in [0.4, 0.5) is 5.69 Å². The molecule has 0 amide bonds. The Morgan fingerprint density at radius 1 is 1.44 bits per heavy atom. The zero-order chi connectivity index (χ0) is 12.8. The van der Waals surface area contributed by atoms with Crippen LogP contribution in [0.25, 0.3) is 0 Å². The van der Waals surface area contributed by atoms with Crippen molar-refractivity contribution in [1.29, 1.82) is 0 Å².